The van der Waals surface area contributed by atoms with Gasteiger partial charge in [0.2, 0.25) is 0 Å². The van der Waals surface area contributed by atoms with Crippen molar-refractivity contribution in [2.75, 3.05) is 0 Å². The smallest absolute Gasteiger partial charge is 0.438 e. The lowest BCUT2D eigenvalue weighted by Crippen LogP contribution is -2.52. The lowest BCUT2D eigenvalue weighted by atomic mass is 10.1. The van der Waals surface area contributed by atoms with Gasteiger partial charge in [0.25, 0.3) is 5.72 Å². The van der Waals surface area contributed by atoms with Crippen LogP contribution in [0.15, 0.2) is 39.9 Å². The van der Waals surface area contributed by atoms with E-state index in [9.17, 15) is 18.3 Å². The fraction of sp³-hybridized carbons (Fsp3) is 0.250. The topological polar surface area (TPSA) is 57.8 Å². The van der Waals surface area contributed by atoms with Crippen LogP contribution in [0, 0.1) is 0 Å². The Labute approximate surface area is 105 Å². The van der Waals surface area contributed by atoms with E-state index in [-0.39, 0.29) is 11.5 Å². The van der Waals surface area contributed by atoms with Crippen LogP contribution in [0.25, 0.3) is 11.0 Å². The van der Waals surface area contributed by atoms with Gasteiger partial charge in [-0.15, -0.1) is 0 Å². The van der Waals surface area contributed by atoms with Gasteiger partial charge in [0.15, 0.2) is 5.76 Å². The number of alkyl halides is 3. The van der Waals surface area contributed by atoms with Crippen molar-refractivity contribution in [3.8, 4) is 0 Å². The van der Waals surface area contributed by atoms with Crippen LogP contribution in [0.5, 0.6) is 0 Å². The lowest BCUT2D eigenvalue weighted by Gasteiger charge is -2.24. The normalized spacial score (nSPS) is 23.5. The van der Waals surface area contributed by atoms with Gasteiger partial charge in [-0.2, -0.15) is 18.3 Å². The maximum absolute atomic E-state index is 12.6. The molecule has 0 bridgehead atoms. The molecule has 100 valence electrons. The largest absolute Gasteiger partial charge is 0.455 e. The molecule has 2 aromatic rings. The molecule has 0 saturated heterocycles. The van der Waals surface area contributed by atoms with Crippen LogP contribution in [-0.4, -0.2) is 22.7 Å². The number of nitrogens with one attached hydrogen (secondary N) is 1. The maximum atomic E-state index is 12.6. The Bertz CT molecular complexity index is 629. The Morgan fingerprint density at radius 1 is 1.32 bits per heavy atom. The highest BCUT2D eigenvalue weighted by Crippen LogP contribution is 2.35. The number of hydrogen-bond acceptors (Lipinski definition) is 4. The van der Waals surface area contributed by atoms with Crippen molar-refractivity contribution in [3.63, 3.8) is 0 Å². The second-order valence-electron chi connectivity index (χ2n) is 4.35. The highest BCUT2D eigenvalue weighted by Gasteiger charge is 2.57. The summed E-state index contributed by atoms with van der Waals surface area (Å²) in [4.78, 5) is 0. The van der Waals surface area contributed by atoms with E-state index in [0.717, 1.165) is 5.39 Å². The minimum Gasteiger partial charge on any atom is -0.455 e. The van der Waals surface area contributed by atoms with Gasteiger partial charge in [-0.25, -0.2) is 0 Å². The van der Waals surface area contributed by atoms with E-state index in [1.54, 1.807) is 35.8 Å². The number of para-hydroxylation sites is 1. The van der Waals surface area contributed by atoms with E-state index in [0.29, 0.717) is 5.58 Å². The van der Waals surface area contributed by atoms with Crippen molar-refractivity contribution < 1.29 is 22.7 Å². The SMILES string of the molecule is O[C@]1(C(F)(F)F)CC(c2cc3ccccc3o2)=NN1. The quantitative estimate of drug-likeness (QED) is 0.836. The molecular weight excluding hydrogens is 261 g/mol. The first-order valence-corrected chi connectivity index (χ1v) is 5.51. The van der Waals surface area contributed by atoms with Gasteiger partial charge in [0, 0.05) is 5.39 Å². The molecule has 1 aromatic heterocycles. The highest BCUT2D eigenvalue weighted by molar-refractivity contribution is 6.02. The van der Waals surface area contributed by atoms with Crippen LogP contribution >= 0.6 is 0 Å². The predicted molar refractivity (Wildman–Crippen MR) is 61.5 cm³/mol. The van der Waals surface area contributed by atoms with Crippen molar-refractivity contribution in [1.29, 1.82) is 0 Å². The summed E-state index contributed by atoms with van der Waals surface area (Å²) in [5, 5.41) is 13.7. The molecule has 1 atom stereocenters. The summed E-state index contributed by atoms with van der Waals surface area (Å²) in [5.74, 6) is 0.217. The monoisotopic (exact) mass is 270 g/mol. The standard InChI is InChI=1S/C12H9F3N2O2/c13-12(14,15)11(18)6-8(16-17-11)10-5-7-3-1-2-4-9(7)19-10/h1-5,17-18H,6H2/t11-/m0/s1. The van der Waals surface area contributed by atoms with Crippen molar-refractivity contribution in [2.45, 2.75) is 18.3 Å². The molecule has 4 nitrogen and oxygen atoms in total. The Morgan fingerprint density at radius 2 is 2.05 bits per heavy atom. The minimum atomic E-state index is -4.80. The average molecular weight is 270 g/mol. The fourth-order valence-electron chi connectivity index (χ4n) is 1.91. The molecule has 0 spiro atoms. The summed E-state index contributed by atoms with van der Waals surface area (Å²) in [6.45, 7) is 0. The van der Waals surface area contributed by atoms with Gasteiger partial charge < -0.3 is 9.52 Å². The van der Waals surface area contributed by atoms with Gasteiger partial charge >= 0.3 is 6.18 Å². The van der Waals surface area contributed by atoms with Crippen LogP contribution in [0.4, 0.5) is 13.2 Å². The molecule has 1 aliphatic rings. The Morgan fingerprint density at radius 3 is 2.68 bits per heavy atom. The number of nitrogens with zero attached hydrogens (tertiary/aromatic N) is 1. The Balaban J connectivity index is 1.93. The lowest BCUT2D eigenvalue weighted by molar-refractivity contribution is -0.266. The first kappa shape index (κ1) is 12.0. The van der Waals surface area contributed by atoms with Crippen molar-refractivity contribution in [2.24, 2.45) is 5.10 Å². The van der Waals surface area contributed by atoms with Gasteiger partial charge in [-0.3, -0.25) is 5.43 Å². The van der Waals surface area contributed by atoms with E-state index in [1.165, 1.54) is 0 Å². The summed E-state index contributed by atoms with van der Waals surface area (Å²) < 4.78 is 43.3. The molecule has 1 aromatic carbocycles. The van der Waals surface area contributed by atoms with E-state index < -0.39 is 18.3 Å². The van der Waals surface area contributed by atoms with E-state index in [4.69, 9.17) is 4.42 Å². The first-order chi connectivity index (χ1) is 8.89. The zero-order valence-electron chi connectivity index (χ0n) is 9.53. The number of hydrazone groups is 1. The van der Waals surface area contributed by atoms with Crippen LogP contribution in [0.3, 0.4) is 0 Å². The molecule has 0 saturated carbocycles. The number of rotatable bonds is 1. The molecule has 0 aliphatic carbocycles. The molecule has 0 amide bonds. The molecule has 7 heteroatoms. The number of aliphatic hydroxyl groups is 1. The van der Waals surface area contributed by atoms with E-state index in [1.807, 2.05) is 0 Å². The second kappa shape index (κ2) is 3.74. The minimum absolute atomic E-state index is 0.0380. The summed E-state index contributed by atoms with van der Waals surface area (Å²) in [6, 6.07) is 8.63. The van der Waals surface area contributed by atoms with Crippen molar-refractivity contribution in [1.82, 2.24) is 5.43 Å². The molecule has 19 heavy (non-hydrogen) atoms. The third kappa shape index (κ3) is 1.86. The zero-order chi connectivity index (χ0) is 13.7. The Hall–Kier alpha value is -2.02. The summed E-state index contributed by atoms with van der Waals surface area (Å²) in [7, 11) is 0. The number of benzene rings is 1. The van der Waals surface area contributed by atoms with Crippen LogP contribution in [-0.2, 0) is 0 Å². The number of halogens is 3. The number of furan rings is 1. The summed E-state index contributed by atoms with van der Waals surface area (Å²) >= 11 is 0. The number of fused-ring (bicyclic) bond motifs is 1. The van der Waals surface area contributed by atoms with Gasteiger partial charge in [0.05, 0.1) is 6.42 Å². The maximum Gasteiger partial charge on any atom is 0.438 e. The molecule has 0 radical (unpaired) electrons. The van der Waals surface area contributed by atoms with Crippen molar-refractivity contribution >= 4 is 16.7 Å². The van der Waals surface area contributed by atoms with Crippen LogP contribution in [0.1, 0.15) is 12.2 Å². The second-order valence-corrected chi connectivity index (χ2v) is 4.35. The summed E-state index contributed by atoms with van der Waals surface area (Å²) in [6.07, 6.45) is -5.49. The fourth-order valence-corrected chi connectivity index (χ4v) is 1.91. The van der Waals surface area contributed by atoms with Gasteiger partial charge in [-0.05, 0) is 12.1 Å². The first-order valence-electron chi connectivity index (χ1n) is 5.51. The third-order valence-corrected chi connectivity index (χ3v) is 2.98. The average Bonchev–Trinajstić information content (AvgIpc) is 2.91. The molecule has 0 unspecified atom stereocenters. The molecule has 2 heterocycles. The van der Waals surface area contributed by atoms with E-state index in [2.05, 4.69) is 5.10 Å². The third-order valence-electron chi connectivity index (χ3n) is 2.98. The zero-order valence-corrected chi connectivity index (χ0v) is 9.53. The molecule has 0 fully saturated rings. The van der Waals surface area contributed by atoms with Crippen molar-refractivity contribution in [3.05, 3.63) is 36.1 Å². The summed E-state index contributed by atoms with van der Waals surface area (Å²) in [5.41, 5.74) is -0.706. The Kier molecular flexibility index (Phi) is 2.37. The molecule has 2 N–H and O–H groups in total. The highest BCUT2D eigenvalue weighted by atomic mass is 19.4. The van der Waals surface area contributed by atoms with E-state index >= 15 is 0 Å². The van der Waals surface area contributed by atoms with Gasteiger partial charge in [0.1, 0.15) is 11.3 Å². The number of hydrogen-bond donors (Lipinski definition) is 2. The molecular formula is C12H9F3N2O2. The molecule has 3 rings (SSSR count). The molecule has 1 aliphatic heterocycles. The van der Waals surface area contributed by atoms with Crippen LogP contribution in [0.2, 0.25) is 0 Å². The van der Waals surface area contributed by atoms with Crippen LogP contribution < -0.4 is 5.43 Å². The predicted octanol–water partition coefficient (Wildman–Crippen LogP) is 2.38. The van der Waals surface area contributed by atoms with Gasteiger partial charge in [-0.1, -0.05) is 18.2 Å².